The predicted octanol–water partition coefficient (Wildman–Crippen LogP) is 4.70. The molecule has 0 unspecified atom stereocenters. The minimum atomic E-state index is 0.487. The van der Waals surface area contributed by atoms with Gasteiger partial charge in [-0.1, -0.05) is 29.3 Å². The van der Waals surface area contributed by atoms with Gasteiger partial charge in [0.2, 0.25) is 0 Å². The van der Waals surface area contributed by atoms with E-state index in [9.17, 15) is 0 Å². The van der Waals surface area contributed by atoms with Crippen molar-refractivity contribution < 1.29 is 0 Å². The number of hydrogen-bond donors (Lipinski definition) is 0. The molecule has 0 saturated heterocycles. The Kier molecular flexibility index (Phi) is 3.79. The van der Waals surface area contributed by atoms with E-state index in [1.807, 2.05) is 25.4 Å². The summed E-state index contributed by atoms with van der Waals surface area (Å²) < 4.78 is 2.13. The van der Waals surface area contributed by atoms with Crippen LogP contribution in [0.25, 0.3) is 0 Å². The van der Waals surface area contributed by atoms with Crippen LogP contribution in [0.1, 0.15) is 17.0 Å². The summed E-state index contributed by atoms with van der Waals surface area (Å²) >= 11 is 12.0. The zero-order valence-electron chi connectivity index (χ0n) is 10.5. The van der Waals surface area contributed by atoms with Crippen molar-refractivity contribution in [2.75, 3.05) is 0 Å². The molecule has 0 amide bonds. The Labute approximate surface area is 117 Å². The second kappa shape index (κ2) is 5.17. The van der Waals surface area contributed by atoms with Gasteiger partial charge in [0.1, 0.15) is 0 Å². The molecular weight excluding hydrogens is 267 g/mol. The molecule has 0 N–H and O–H groups in total. The van der Waals surface area contributed by atoms with Crippen molar-refractivity contribution in [3.63, 3.8) is 0 Å². The minimum Gasteiger partial charge on any atom is -0.352 e. The molecule has 1 heterocycles. The fourth-order valence-corrected chi connectivity index (χ4v) is 2.09. The first-order chi connectivity index (χ1) is 8.50. The van der Waals surface area contributed by atoms with E-state index in [0.717, 1.165) is 5.56 Å². The van der Waals surface area contributed by atoms with Crippen LogP contribution >= 0.6 is 23.2 Å². The van der Waals surface area contributed by atoms with Crippen molar-refractivity contribution in [1.82, 2.24) is 4.57 Å². The summed E-state index contributed by atoms with van der Waals surface area (Å²) in [5.74, 6) is 0. The largest absolute Gasteiger partial charge is 0.352 e. The standard InChI is InChI=1S/C14H14Cl2N2/c1-9-7-11(10(2)18(9)3)8-17-13-6-4-5-12(15)14(13)16/h4-8H,1-3H3. The highest BCUT2D eigenvalue weighted by atomic mass is 35.5. The van der Waals surface area contributed by atoms with Crippen molar-refractivity contribution in [3.8, 4) is 0 Å². The van der Waals surface area contributed by atoms with Crippen molar-refractivity contribution >= 4 is 35.1 Å². The van der Waals surface area contributed by atoms with Gasteiger partial charge in [0, 0.05) is 30.2 Å². The molecule has 4 heteroatoms. The highest BCUT2D eigenvalue weighted by Crippen LogP contribution is 2.31. The maximum absolute atomic E-state index is 6.08. The van der Waals surface area contributed by atoms with Crippen molar-refractivity contribution in [3.05, 3.63) is 51.3 Å². The average molecular weight is 281 g/mol. The number of hydrogen-bond acceptors (Lipinski definition) is 1. The summed E-state index contributed by atoms with van der Waals surface area (Å²) in [4.78, 5) is 4.40. The first-order valence-corrected chi connectivity index (χ1v) is 6.37. The Morgan fingerprint density at radius 2 is 1.94 bits per heavy atom. The van der Waals surface area contributed by atoms with Crippen LogP contribution in [0.15, 0.2) is 29.3 Å². The number of nitrogens with zero attached hydrogens (tertiary/aromatic N) is 2. The second-order valence-corrected chi connectivity index (χ2v) is 5.00. The number of aromatic nitrogens is 1. The van der Waals surface area contributed by atoms with Crippen LogP contribution in [-0.2, 0) is 7.05 Å². The van der Waals surface area contributed by atoms with Gasteiger partial charge in [-0.05, 0) is 32.0 Å². The molecule has 0 fully saturated rings. The van der Waals surface area contributed by atoms with Crippen molar-refractivity contribution in [2.24, 2.45) is 12.0 Å². The molecule has 0 atom stereocenters. The molecule has 0 aliphatic carbocycles. The molecule has 18 heavy (non-hydrogen) atoms. The Morgan fingerprint density at radius 1 is 1.22 bits per heavy atom. The summed E-state index contributed by atoms with van der Waals surface area (Å²) in [6.45, 7) is 4.13. The monoisotopic (exact) mass is 280 g/mol. The van der Waals surface area contributed by atoms with E-state index in [1.54, 1.807) is 6.07 Å². The fourth-order valence-electron chi connectivity index (χ4n) is 1.75. The van der Waals surface area contributed by atoms with E-state index < -0.39 is 0 Å². The third-order valence-electron chi connectivity index (χ3n) is 3.09. The van der Waals surface area contributed by atoms with E-state index in [0.29, 0.717) is 15.7 Å². The maximum Gasteiger partial charge on any atom is 0.0848 e. The molecule has 0 aliphatic heterocycles. The highest BCUT2D eigenvalue weighted by Gasteiger charge is 2.05. The van der Waals surface area contributed by atoms with Crippen LogP contribution in [0, 0.1) is 13.8 Å². The number of aryl methyl sites for hydroxylation is 1. The molecule has 0 saturated carbocycles. The molecule has 1 aromatic carbocycles. The molecule has 2 aromatic rings. The zero-order valence-corrected chi connectivity index (χ0v) is 12.0. The van der Waals surface area contributed by atoms with Gasteiger partial charge in [0.15, 0.2) is 0 Å². The maximum atomic E-state index is 6.08. The Morgan fingerprint density at radius 3 is 2.56 bits per heavy atom. The van der Waals surface area contributed by atoms with Crippen molar-refractivity contribution in [1.29, 1.82) is 0 Å². The lowest BCUT2D eigenvalue weighted by Crippen LogP contribution is -1.93. The van der Waals surface area contributed by atoms with Crippen LogP contribution in [0.5, 0.6) is 0 Å². The molecule has 1 aromatic heterocycles. The summed E-state index contributed by atoms with van der Waals surface area (Å²) in [7, 11) is 2.04. The molecule has 0 radical (unpaired) electrons. The summed E-state index contributed by atoms with van der Waals surface area (Å²) in [6, 6.07) is 7.53. The zero-order chi connectivity index (χ0) is 13.3. The summed E-state index contributed by atoms with van der Waals surface area (Å²) in [6.07, 6.45) is 1.82. The van der Waals surface area contributed by atoms with Gasteiger partial charge in [0.25, 0.3) is 0 Å². The van der Waals surface area contributed by atoms with Crippen LogP contribution in [0.2, 0.25) is 10.0 Å². The predicted molar refractivity (Wildman–Crippen MR) is 78.6 cm³/mol. The SMILES string of the molecule is Cc1cc(C=Nc2cccc(Cl)c2Cl)c(C)n1C. The number of benzene rings is 1. The Bertz CT molecular complexity index is 612. The lowest BCUT2D eigenvalue weighted by molar-refractivity contribution is 0.843. The first kappa shape index (κ1) is 13.2. The average Bonchev–Trinajstić information content (AvgIpc) is 2.59. The van der Waals surface area contributed by atoms with Crippen LogP contribution in [-0.4, -0.2) is 10.8 Å². The third kappa shape index (κ3) is 2.45. The van der Waals surface area contributed by atoms with Gasteiger partial charge in [-0.15, -0.1) is 0 Å². The van der Waals surface area contributed by atoms with Gasteiger partial charge < -0.3 is 4.57 Å². The van der Waals surface area contributed by atoms with Gasteiger partial charge in [-0.2, -0.15) is 0 Å². The van der Waals surface area contributed by atoms with Crippen LogP contribution in [0.4, 0.5) is 5.69 Å². The lowest BCUT2D eigenvalue weighted by atomic mass is 10.2. The van der Waals surface area contributed by atoms with Crippen LogP contribution in [0.3, 0.4) is 0 Å². The minimum absolute atomic E-state index is 0.487. The number of rotatable bonds is 2. The van der Waals surface area contributed by atoms with E-state index in [-0.39, 0.29) is 0 Å². The highest BCUT2D eigenvalue weighted by molar-refractivity contribution is 6.43. The van der Waals surface area contributed by atoms with E-state index >= 15 is 0 Å². The van der Waals surface area contributed by atoms with E-state index in [4.69, 9.17) is 23.2 Å². The van der Waals surface area contributed by atoms with E-state index in [1.165, 1.54) is 11.4 Å². The van der Waals surface area contributed by atoms with Crippen LogP contribution < -0.4 is 0 Å². The topological polar surface area (TPSA) is 17.3 Å². The second-order valence-electron chi connectivity index (χ2n) is 4.22. The van der Waals surface area contributed by atoms with Gasteiger partial charge in [-0.25, -0.2) is 0 Å². The normalized spacial score (nSPS) is 11.4. The first-order valence-electron chi connectivity index (χ1n) is 5.61. The molecule has 94 valence electrons. The van der Waals surface area contributed by atoms with Crippen molar-refractivity contribution in [2.45, 2.75) is 13.8 Å². The Balaban J connectivity index is 2.36. The Hall–Kier alpha value is -1.25. The quantitative estimate of drug-likeness (QED) is 0.710. The summed E-state index contributed by atoms with van der Waals surface area (Å²) in [5.41, 5.74) is 4.15. The number of halogens is 2. The van der Waals surface area contributed by atoms with E-state index in [2.05, 4.69) is 29.5 Å². The summed E-state index contributed by atoms with van der Waals surface area (Å²) in [5, 5.41) is 1.01. The lowest BCUT2D eigenvalue weighted by Gasteiger charge is -2.00. The van der Waals surface area contributed by atoms with Gasteiger partial charge in [0.05, 0.1) is 15.7 Å². The third-order valence-corrected chi connectivity index (χ3v) is 3.90. The number of aliphatic imine (C=N–C) groups is 1. The molecule has 2 nitrogen and oxygen atoms in total. The van der Waals surface area contributed by atoms with Gasteiger partial charge >= 0.3 is 0 Å². The molecule has 0 aliphatic rings. The smallest absolute Gasteiger partial charge is 0.0848 e. The molecule has 0 spiro atoms. The molecule has 0 bridgehead atoms. The fraction of sp³-hybridized carbons (Fsp3) is 0.214. The molecular formula is C14H14Cl2N2. The molecule has 2 rings (SSSR count). The van der Waals surface area contributed by atoms with Gasteiger partial charge in [-0.3, -0.25) is 4.99 Å².